The number of ether oxygens (including phenoxy) is 4. The number of amides is 1. The van der Waals surface area contributed by atoms with Gasteiger partial charge in [0.2, 0.25) is 0 Å². The van der Waals surface area contributed by atoms with E-state index in [0.29, 0.717) is 61.8 Å². The molecule has 0 spiro atoms. The van der Waals surface area contributed by atoms with Gasteiger partial charge in [-0.05, 0) is 68.1 Å². The molecule has 1 amide bonds. The minimum atomic E-state index is -0.779. The SMILES string of the molecule is CCCCCOc1ccc([C@@H]2C(=C(O)c3ccc4c(c3)C[C@@H](C)O4)C(=O)C(=O)N2CCCOC)cc1OCC. The molecule has 0 saturated carbocycles. The zero-order valence-corrected chi connectivity index (χ0v) is 23.3. The molecule has 2 heterocycles. The Kier molecular flexibility index (Phi) is 9.51. The fourth-order valence-electron chi connectivity index (χ4n) is 5.18. The van der Waals surface area contributed by atoms with Crippen molar-refractivity contribution in [2.24, 2.45) is 0 Å². The van der Waals surface area contributed by atoms with E-state index in [0.717, 1.165) is 30.6 Å². The number of rotatable bonds is 13. The summed E-state index contributed by atoms with van der Waals surface area (Å²) in [7, 11) is 1.59. The van der Waals surface area contributed by atoms with E-state index in [9.17, 15) is 14.7 Å². The molecule has 0 aliphatic carbocycles. The number of fused-ring (bicyclic) bond motifs is 1. The number of hydrogen-bond donors (Lipinski definition) is 1. The topological polar surface area (TPSA) is 94.5 Å². The number of carbonyl (C=O) groups excluding carboxylic acids is 2. The van der Waals surface area contributed by atoms with Crippen molar-refractivity contribution in [1.82, 2.24) is 4.90 Å². The Hall–Kier alpha value is -3.52. The molecule has 2 aliphatic heterocycles. The Morgan fingerprint density at radius 2 is 1.85 bits per heavy atom. The number of unbranched alkanes of at least 4 members (excludes halogenated alkanes) is 2. The highest BCUT2D eigenvalue weighted by Gasteiger charge is 2.46. The van der Waals surface area contributed by atoms with Gasteiger partial charge in [-0.2, -0.15) is 0 Å². The number of aliphatic hydroxyl groups is 1. The molecule has 1 saturated heterocycles. The lowest BCUT2D eigenvalue weighted by atomic mass is 9.94. The van der Waals surface area contributed by atoms with Gasteiger partial charge >= 0.3 is 0 Å². The van der Waals surface area contributed by atoms with E-state index in [-0.39, 0.29) is 17.4 Å². The Labute approximate surface area is 230 Å². The van der Waals surface area contributed by atoms with Gasteiger partial charge in [0.05, 0.1) is 24.8 Å². The van der Waals surface area contributed by atoms with Crippen molar-refractivity contribution in [3.63, 3.8) is 0 Å². The van der Waals surface area contributed by atoms with Gasteiger partial charge in [0.1, 0.15) is 17.6 Å². The number of benzene rings is 2. The van der Waals surface area contributed by atoms with E-state index >= 15 is 0 Å². The Morgan fingerprint density at radius 3 is 2.59 bits per heavy atom. The highest BCUT2D eigenvalue weighted by atomic mass is 16.5. The first-order chi connectivity index (χ1) is 18.9. The number of ketones is 1. The van der Waals surface area contributed by atoms with Gasteiger partial charge in [0.15, 0.2) is 11.5 Å². The molecule has 0 aromatic heterocycles. The zero-order valence-electron chi connectivity index (χ0n) is 23.3. The molecule has 39 heavy (non-hydrogen) atoms. The number of aliphatic hydroxyl groups excluding tert-OH is 1. The predicted molar refractivity (Wildman–Crippen MR) is 148 cm³/mol. The van der Waals surface area contributed by atoms with Crippen LogP contribution in [0.5, 0.6) is 17.2 Å². The number of Topliss-reactive ketones (excluding diaryl/α,β-unsaturated/α-hetero) is 1. The van der Waals surface area contributed by atoms with Crippen molar-refractivity contribution in [2.75, 3.05) is 33.5 Å². The maximum atomic E-state index is 13.4. The Bertz CT molecular complexity index is 1220. The van der Waals surface area contributed by atoms with Gasteiger partial charge in [0, 0.05) is 32.2 Å². The van der Waals surface area contributed by atoms with Crippen molar-refractivity contribution in [2.45, 2.75) is 65.0 Å². The second-order valence-corrected chi connectivity index (χ2v) is 9.99. The maximum Gasteiger partial charge on any atom is 0.295 e. The minimum Gasteiger partial charge on any atom is -0.507 e. The maximum absolute atomic E-state index is 13.4. The van der Waals surface area contributed by atoms with Gasteiger partial charge in [-0.25, -0.2) is 0 Å². The second kappa shape index (κ2) is 13.0. The van der Waals surface area contributed by atoms with E-state index in [1.807, 2.05) is 38.1 Å². The van der Waals surface area contributed by atoms with Crippen LogP contribution in [0, 0.1) is 0 Å². The van der Waals surface area contributed by atoms with Crippen LogP contribution in [0.2, 0.25) is 0 Å². The molecule has 2 aromatic rings. The first-order valence-electron chi connectivity index (χ1n) is 13.9. The molecule has 1 fully saturated rings. The molecule has 8 heteroatoms. The molecular formula is C31H39NO7. The molecule has 0 bridgehead atoms. The monoisotopic (exact) mass is 537 g/mol. The van der Waals surface area contributed by atoms with Crippen molar-refractivity contribution in [3.8, 4) is 17.2 Å². The fraction of sp³-hybridized carbons (Fsp3) is 0.484. The van der Waals surface area contributed by atoms with Crippen LogP contribution in [0.25, 0.3) is 5.76 Å². The van der Waals surface area contributed by atoms with Crippen molar-refractivity contribution < 1.29 is 33.6 Å². The normalized spacial score (nSPS) is 19.7. The third-order valence-electron chi connectivity index (χ3n) is 7.05. The van der Waals surface area contributed by atoms with Gasteiger partial charge < -0.3 is 29.0 Å². The summed E-state index contributed by atoms with van der Waals surface area (Å²) in [6.45, 7) is 7.76. The average molecular weight is 538 g/mol. The Morgan fingerprint density at radius 1 is 1.03 bits per heavy atom. The largest absolute Gasteiger partial charge is 0.507 e. The number of likely N-dealkylation sites (tertiary alicyclic amines) is 1. The third kappa shape index (κ3) is 6.22. The molecule has 0 unspecified atom stereocenters. The van der Waals surface area contributed by atoms with Gasteiger partial charge in [-0.1, -0.05) is 25.8 Å². The van der Waals surface area contributed by atoms with E-state index in [1.54, 1.807) is 19.2 Å². The smallest absolute Gasteiger partial charge is 0.295 e. The number of methoxy groups -OCH3 is 1. The lowest BCUT2D eigenvalue weighted by molar-refractivity contribution is -0.140. The number of carbonyl (C=O) groups is 2. The molecule has 2 atom stereocenters. The summed E-state index contributed by atoms with van der Waals surface area (Å²) in [6, 6.07) is 10.0. The zero-order chi connectivity index (χ0) is 27.9. The molecule has 210 valence electrons. The van der Waals surface area contributed by atoms with E-state index in [1.165, 1.54) is 4.90 Å². The summed E-state index contributed by atoms with van der Waals surface area (Å²) in [4.78, 5) is 28.2. The van der Waals surface area contributed by atoms with Crippen molar-refractivity contribution in [3.05, 3.63) is 58.7 Å². The highest BCUT2D eigenvalue weighted by molar-refractivity contribution is 6.46. The molecular weight excluding hydrogens is 498 g/mol. The van der Waals surface area contributed by atoms with Crippen LogP contribution in [-0.2, 0) is 20.7 Å². The summed E-state index contributed by atoms with van der Waals surface area (Å²) in [6.07, 6.45) is 4.41. The van der Waals surface area contributed by atoms with Crippen LogP contribution in [0.15, 0.2) is 42.0 Å². The highest BCUT2D eigenvalue weighted by Crippen LogP contribution is 2.43. The summed E-state index contributed by atoms with van der Waals surface area (Å²) < 4.78 is 22.9. The van der Waals surface area contributed by atoms with E-state index < -0.39 is 17.7 Å². The molecule has 4 rings (SSSR count). The van der Waals surface area contributed by atoms with Crippen LogP contribution in [0.1, 0.15) is 69.2 Å². The predicted octanol–water partition coefficient (Wildman–Crippen LogP) is 5.44. The average Bonchev–Trinajstić information content (AvgIpc) is 3.42. The number of hydrogen-bond acceptors (Lipinski definition) is 7. The summed E-state index contributed by atoms with van der Waals surface area (Å²) in [5, 5.41) is 11.5. The Balaban J connectivity index is 1.76. The van der Waals surface area contributed by atoms with E-state index in [2.05, 4.69) is 6.92 Å². The quantitative estimate of drug-likeness (QED) is 0.157. The molecule has 8 nitrogen and oxygen atoms in total. The van der Waals surface area contributed by atoms with Crippen LogP contribution >= 0.6 is 0 Å². The summed E-state index contributed by atoms with van der Waals surface area (Å²) in [5.74, 6) is 0.365. The second-order valence-electron chi connectivity index (χ2n) is 9.99. The fourth-order valence-corrected chi connectivity index (χ4v) is 5.18. The van der Waals surface area contributed by atoms with Crippen LogP contribution in [0.4, 0.5) is 0 Å². The third-order valence-corrected chi connectivity index (χ3v) is 7.05. The first kappa shape index (κ1) is 28.5. The van der Waals surface area contributed by atoms with Crippen molar-refractivity contribution in [1.29, 1.82) is 0 Å². The summed E-state index contributed by atoms with van der Waals surface area (Å²) >= 11 is 0. The number of nitrogens with zero attached hydrogens (tertiary/aromatic N) is 1. The van der Waals surface area contributed by atoms with Crippen molar-refractivity contribution >= 4 is 17.4 Å². The lowest BCUT2D eigenvalue weighted by Crippen LogP contribution is -2.31. The molecule has 0 radical (unpaired) electrons. The van der Waals surface area contributed by atoms with Gasteiger partial charge in [0.25, 0.3) is 11.7 Å². The van der Waals surface area contributed by atoms with Gasteiger partial charge in [-0.15, -0.1) is 0 Å². The standard InChI is InChI=1S/C31H39NO7/c1-5-7-8-16-38-25-13-10-21(19-26(25)37-6-2)28-27(30(34)31(35)32(28)14-9-15-36-4)29(33)22-11-12-24-23(18-22)17-20(3)39-24/h10-13,18-20,28,33H,5-9,14-17H2,1-4H3/t20-,28-/m1/s1. The van der Waals surface area contributed by atoms with Crippen LogP contribution in [-0.4, -0.2) is 61.3 Å². The first-order valence-corrected chi connectivity index (χ1v) is 13.9. The minimum absolute atomic E-state index is 0.0449. The molecule has 2 aromatic carbocycles. The molecule has 1 N–H and O–H groups in total. The lowest BCUT2D eigenvalue weighted by Gasteiger charge is -2.26. The summed E-state index contributed by atoms with van der Waals surface area (Å²) in [5.41, 5.74) is 2.16. The van der Waals surface area contributed by atoms with Gasteiger partial charge in [-0.3, -0.25) is 9.59 Å². The van der Waals surface area contributed by atoms with Crippen LogP contribution < -0.4 is 14.2 Å². The van der Waals surface area contributed by atoms with E-state index in [4.69, 9.17) is 18.9 Å². The molecule has 2 aliphatic rings. The van der Waals surface area contributed by atoms with Crippen LogP contribution in [0.3, 0.4) is 0 Å².